The zero-order valence-corrected chi connectivity index (χ0v) is 18.2. The standard InChI is InChI=1S/C20H26N2O4S2/c1-23-15-7-5-13(11-17(15)25-3)19(27)21-9-10-22-20(28)14-6-8-16(24-2)18(12-14)26-4/h5-7,11-12,16H,8-10H2,1-4H3,(H,21,27)(H,22,28). The zero-order valence-electron chi connectivity index (χ0n) is 16.5. The highest BCUT2D eigenvalue weighted by atomic mass is 32.1. The number of benzene rings is 1. The average molecular weight is 423 g/mol. The third-order valence-corrected chi connectivity index (χ3v) is 5.05. The highest BCUT2D eigenvalue weighted by Gasteiger charge is 2.19. The van der Waals surface area contributed by atoms with Gasteiger partial charge in [0.05, 0.1) is 21.3 Å². The largest absolute Gasteiger partial charge is 0.498 e. The SMILES string of the molecule is COC1=CC(C(=S)NCCNC(=S)c2ccc(OC)c(OC)c2)=CCC1OC. The van der Waals surface area contributed by atoms with Gasteiger partial charge in [-0.15, -0.1) is 0 Å². The van der Waals surface area contributed by atoms with Crippen LogP contribution < -0.4 is 20.1 Å². The quantitative estimate of drug-likeness (QED) is 0.465. The van der Waals surface area contributed by atoms with Gasteiger partial charge in [-0.05, 0) is 30.7 Å². The lowest BCUT2D eigenvalue weighted by Crippen LogP contribution is -2.34. The molecule has 1 aromatic carbocycles. The van der Waals surface area contributed by atoms with E-state index in [1.54, 1.807) is 28.4 Å². The first-order valence-electron chi connectivity index (χ1n) is 8.81. The molecule has 0 aliphatic heterocycles. The van der Waals surface area contributed by atoms with Crippen LogP contribution in [0, 0.1) is 0 Å². The predicted molar refractivity (Wildman–Crippen MR) is 118 cm³/mol. The van der Waals surface area contributed by atoms with Gasteiger partial charge in [-0.25, -0.2) is 0 Å². The molecule has 1 aliphatic rings. The van der Waals surface area contributed by atoms with Crippen molar-refractivity contribution in [1.29, 1.82) is 0 Å². The molecule has 0 heterocycles. The van der Waals surface area contributed by atoms with Crippen LogP contribution >= 0.6 is 24.4 Å². The second kappa shape index (κ2) is 11.0. The fourth-order valence-electron chi connectivity index (χ4n) is 2.75. The topological polar surface area (TPSA) is 61.0 Å². The maximum Gasteiger partial charge on any atom is 0.161 e. The van der Waals surface area contributed by atoms with Crippen molar-refractivity contribution in [2.24, 2.45) is 0 Å². The number of hydrogen-bond donors (Lipinski definition) is 2. The molecule has 1 aliphatic carbocycles. The molecule has 0 bridgehead atoms. The summed E-state index contributed by atoms with van der Waals surface area (Å²) in [6.45, 7) is 1.26. The summed E-state index contributed by atoms with van der Waals surface area (Å²) >= 11 is 10.9. The predicted octanol–water partition coefficient (Wildman–Crippen LogP) is 2.76. The lowest BCUT2D eigenvalue weighted by atomic mass is 10.0. The first-order valence-corrected chi connectivity index (χ1v) is 9.62. The number of hydrogen-bond acceptors (Lipinski definition) is 6. The minimum Gasteiger partial charge on any atom is -0.498 e. The van der Waals surface area contributed by atoms with Gasteiger partial charge in [-0.1, -0.05) is 30.5 Å². The molecule has 1 aromatic rings. The molecule has 0 amide bonds. The van der Waals surface area contributed by atoms with Crippen LogP contribution in [0.2, 0.25) is 0 Å². The van der Waals surface area contributed by atoms with Crippen molar-refractivity contribution < 1.29 is 18.9 Å². The molecule has 0 spiro atoms. The zero-order chi connectivity index (χ0) is 20.5. The summed E-state index contributed by atoms with van der Waals surface area (Å²) in [6, 6.07) is 5.57. The summed E-state index contributed by atoms with van der Waals surface area (Å²) < 4.78 is 21.3. The summed E-state index contributed by atoms with van der Waals surface area (Å²) in [4.78, 5) is 1.30. The Kier molecular flexibility index (Phi) is 8.69. The monoisotopic (exact) mass is 422 g/mol. The second-order valence-corrected chi connectivity index (χ2v) is 6.77. The van der Waals surface area contributed by atoms with Crippen LogP contribution in [0.5, 0.6) is 11.5 Å². The fourth-order valence-corrected chi connectivity index (χ4v) is 3.22. The first-order chi connectivity index (χ1) is 13.5. The van der Waals surface area contributed by atoms with Crippen LogP contribution in [0.3, 0.4) is 0 Å². The Morgan fingerprint density at radius 2 is 1.64 bits per heavy atom. The fraction of sp³-hybridized carbons (Fsp3) is 0.400. The average Bonchev–Trinajstić information content (AvgIpc) is 2.75. The van der Waals surface area contributed by atoms with Gasteiger partial charge in [0.15, 0.2) is 11.5 Å². The molecule has 0 radical (unpaired) electrons. The van der Waals surface area contributed by atoms with Crippen molar-refractivity contribution in [2.45, 2.75) is 12.5 Å². The smallest absolute Gasteiger partial charge is 0.161 e. The van der Waals surface area contributed by atoms with E-state index in [4.69, 9.17) is 43.4 Å². The van der Waals surface area contributed by atoms with E-state index in [0.29, 0.717) is 34.6 Å². The van der Waals surface area contributed by atoms with Gasteiger partial charge in [0.2, 0.25) is 0 Å². The lowest BCUT2D eigenvalue weighted by molar-refractivity contribution is 0.0792. The third-order valence-electron chi connectivity index (χ3n) is 4.29. The molecule has 2 N–H and O–H groups in total. The van der Waals surface area contributed by atoms with E-state index in [0.717, 1.165) is 23.3 Å². The van der Waals surface area contributed by atoms with Crippen LogP contribution in [-0.2, 0) is 9.47 Å². The van der Waals surface area contributed by atoms with Gasteiger partial charge < -0.3 is 29.6 Å². The van der Waals surface area contributed by atoms with Gasteiger partial charge in [0, 0.05) is 31.3 Å². The minimum absolute atomic E-state index is 0.0583. The van der Waals surface area contributed by atoms with E-state index in [2.05, 4.69) is 10.6 Å². The van der Waals surface area contributed by atoms with Gasteiger partial charge in [0.1, 0.15) is 21.8 Å². The third kappa shape index (κ3) is 5.67. The molecular formula is C20H26N2O4S2. The summed E-state index contributed by atoms with van der Waals surface area (Å²) in [6.07, 6.45) is 4.63. The maximum absolute atomic E-state index is 5.47. The highest BCUT2D eigenvalue weighted by molar-refractivity contribution is 7.81. The Bertz CT molecular complexity index is 777. The summed E-state index contributed by atoms with van der Waals surface area (Å²) in [5, 5.41) is 6.45. The molecule has 2 rings (SSSR count). The van der Waals surface area contributed by atoms with Crippen molar-refractivity contribution in [1.82, 2.24) is 10.6 Å². The summed E-state index contributed by atoms with van der Waals surface area (Å²) in [5.74, 6) is 2.08. The first kappa shape index (κ1) is 22.1. The van der Waals surface area contributed by atoms with Gasteiger partial charge in [0.25, 0.3) is 0 Å². The molecule has 1 unspecified atom stereocenters. The number of nitrogens with one attached hydrogen (secondary N) is 2. The Morgan fingerprint density at radius 1 is 0.964 bits per heavy atom. The lowest BCUT2D eigenvalue weighted by Gasteiger charge is -2.22. The van der Waals surface area contributed by atoms with Crippen molar-refractivity contribution in [3.8, 4) is 11.5 Å². The van der Waals surface area contributed by atoms with E-state index in [9.17, 15) is 0 Å². The van der Waals surface area contributed by atoms with E-state index < -0.39 is 0 Å². The van der Waals surface area contributed by atoms with Crippen LogP contribution in [0.1, 0.15) is 12.0 Å². The molecule has 28 heavy (non-hydrogen) atoms. The van der Waals surface area contributed by atoms with Gasteiger partial charge in [-0.3, -0.25) is 0 Å². The van der Waals surface area contributed by atoms with Crippen molar-refractivity contribution >= 4 is 34.4 Å². The van der Waals surface area contributed by atoms with Crippen molar-refractivity contribution in [2.75, 3.05) is 41.5 Å². The van der Waals surface area contributed by atoms with Crippen LogP contribution in [0.4, 0.5) is 0 Å². The van der Waals surface area contributed by atoms with E-state index in [1.807, 2.05) is 30.4 Å². The van der Waals surface area contributed by atoms with E-state index in [-0.39, 0.29) is 6.10 Å². The minimum atomic E-state index is -0.0583. The second-order valence-electron chi connectivity index (χ2n) is 5.95. The van der Waals surface area contributed by atoms with Gasteiger partial charge in [-0.2, -0.15) is 0 Å². The Balaban J connectivity index is 1.82. The molecule has 0 saturated heterocycles. The number of ether oxygens (including phenoxy) is 4. The van der Waals surface area contributed by atoms with Crippen LogP contribution in [0.15, 0.2) is 41.7 Å². The highest BCUT2D eigenvalue weighted by Crippen LogP contribution is 2.27. The van der Waals surface area contributed by atoms with Crippen LogP contribution in [0.25, 0.3) is 0 Å². The molecule has 1 atom stereocenters. The number of rotatable bonds is 9. The van der Waals surface area contributed by atoms with Crippen molar-refractivity contribution in [3.05, 3.63) is 47.2 Å². The van der Waals surface area contributed by atoms with E-state index >= 15 is 0 Å². The Hall–Kier alpha value is -2.16. The molecule has 152 valence electrons. The molecule has 0 aromatic heterocycles. The Labute approximate surface area is 176 Å². The molecule has 0 fully saturated rings. The summed E-state index contributed by atoms with van der Waals surface area (Å²) in [5.41, 5.74) is 1.80. The summed E-state index contributed by atoms with van der Waals surface area (Å²) in [7, 11) is 6.50. The number of thiocarbonyl (C=S) groups is 2. The van der Waals surface area contributed by atoms with Crippen LogP contribution in [-0.4, -0.2) is 57.6 Å². The molecule has 8 heteroatoms. The normalized spacial score (nSPS) is 15.8. The maximum atomic E-state index is 5.47. The van der Waals surface area contributed by atoms with Gasteiger partial charge >= 0.3 is 0 Å². The molecule has 6 nitrogen and oxygen atoms in total. The van der Waals surface area contributed by atoms with E-state index in [1.165, 1.54) is 0 Å². The molecule has 0 saturated carbocycles. The number of methoxy groups -OCH3 is 4. The molecular weight excluding hydrogens is 396 g/mol. The van der Waals surface area contributed by atoms with Crippen molar-refractivity contribution in [3.63, 3.8) is 0 Å². The Morgan fingerprint density at radius 3 is 2.25 bits per heavy atom.